The molecule has 144 valence electrons. The first kappa shape index (κ1) is 19.8. The Morgan fingerprint density at radius 3 is 2.25 bits per heavy atom. The fraction of sp³-hybridized carbons (Fsp3) is 0.217. The zero-order valence-electron chi connectivity index (χ0n) is 16.0. The number of esters is 1. The van der Waals surface area contributed by atoms with Crippen LogP contribution in [0.2, 0.25) is 0 Å². The smallest absolute Gasteiger partial charge is 0.341 e. The number of anilines is 1. The van der Waals surface area contributed by atoms with Crippen LogP contribution in [0.1, 0.15) is 42.1 Å². The Labute approximate surface area is 169 Å². The summed E-state index contributed by atoms with van der Waals surface area (Å²) in [5.74, 6) is -0.830. The van der Waals surface area contributed by atoms with Gasteiger partial charge in [0.2, 0.25) is 5.91 Å². The molecular weight excluding hydrogens is 370 g/mol. The molecule has 1 amide bonds. The fourth-order valence-electron chi connectivity index (χ4n) is 3.05. The average Bonchev–Trinajstić information content (AvgIpc) is 3.14. The SMILES string of the molecule is CCOC(=O)c1cc(-c2ccccc2)sc1NC(=O)C(CC)c1ccccc1. The second-order valence-corrected chi connectivity index (χ2v) is 7.35. The molecule has 0 saturated carbocycles. The fourth-order valence-corrected chi connectivity index (χ4v) is 4.10. The molecule has 0 radical (unpaired) electrons. The van der Waals surface area contributed by atoms with Crippen LogP contribution in [0.25, 0.3) is 10.4 Å². The lowest BCUT2D eigenvalue weighted by Crippen LogP contribution is -2.21. The second kappa shape index (κ2) is 9.33. The van der Waals surface area contributed by atoms with Gasteiger partial charge in [0.05, 0.1) is 18.1 Å². The van der Waals surface area contributed by atoms with Gasteiger partial charge in [0, 0.05) is 4.88 Å². The summed E-state index contributed by atoms with van der Waals surface area (Å²) in [5.41, 5.74) is 2.34. The minimum Gasteiger partial charge on any atom is -0.462 e. The number of nitrogens with one attached hydrogen (secondary N) is 1. The van der Waals surface area contributed by atoms with Crippen molar-refractivity contribution in [1.29, 1.82) is 0 Å². The van der Waals surface area contributed by atoms with E-state index in [0.29, 0.717) is 17.0 Å². The molecular formula is C23H23NO3S. The van der Waals surface area contributed by atoms with Gasteiger partial charge < -0.3 is 10.1 Å². The molecule has 0 fully saturated rings. The summed E-state index contributed by atoms with van der Waals surface area (Å²) in [7, 11) is 0. The van der Waals surface area contributed by atoms with E-state index in [9.17, 15) is 9.59 Å². The molecule has 0 bridgehead atoms. The lowest BCUT2D eigenvalue weighted by atomic mass is 9.96. The lowest BCUT2D eigenvalue weighted by molar-refractivity contribution is -0.117. The molecule has 3 aromatic rings. The van der Waals surface area contributed by atoms with E-state index in [-0.39, 0.29) is 18.4 Å². The number of amides is 1. The van der Waals surface area contributed by atoms with Gasteiger partial charge in [-0.1, -0.05) is 67.6 Å². The molecule has 5 heteroatoms. The monoisotopic (exact) mass is 393 g/mol. The Balaban J connectivity index is 1.92. The van der Waals surface area contributed by atoms with Crippen LogP contribution >= 0.6 is 11.3 Å². The van der Waals surface area contributed by atoms with E-state index in [4.69, 9.17) is 4.74 Å². The summed E-state index contributed by atoms with van der Waals surface area (Å²) >= 11 is 1.39. The van der Waals surface area contributed by atoms with E-state index in [2.05, 4.69) is 5.32 Å². The number of hydrogen-bond donors (Lipinski definition) is 1. The number of benzene rings is 2. The van der Waals surface area contributed by atoms with E-state index in [1.807, 2.05) is 67.6 Å². The highest BCUT2D eigenvalue weighted by Crippen LogP contribution is 2.36. The highest BCUT2D eigenvalue weighted by Gasteiger charge is 2.24. The molecule has 2 aromatic carbocycles. The Morgan fingerprint density at radius 1 is 1.00 bits per heavy atom. The largest absolute Gasteiger partial charge is 0.462 e. The van der Waals surface area contributed by atoms with Gasteiger partial charge in [0.15, 0.2) is 0 Å². The summed E-state index contributed by atoms with van der Waals surface area (Å²) < 4.78 is 5.19. The van der Waals surface area contributed by atoms with Gasteiger partial charge in [-0.25, -0.2) is 4.79 Å². The van der Waals surface area contributed by atoms with Gasteiger partial charge in [0.25, 0.3) is 0 Å². The summed E-state index contributed by atoms with van der Waals surface area (Å²) in [6.07, 6.45) is 0.668. The first-order valence-electron chi connectivity index (χ1n) is 9.36. The van der Waals surface area contributed by atoms with Crippen molar-refractivity contribution >= 4 is 28.2 Å². The van der Waals surface area contributed by atoms with E-state index in [1.165, 1.54) is 11.3 Å². The van der Waals surface area contributed by atoms with E-state index in [0.717, 1.165) is 16.0 Å². The summed E-state index contributed by atoms with van der Waals surface area (Å²) in [6.45, 7) is 4.03. The number of carbonyl (C=O) groups is 2. The number of rotatable bonds is 7. The minimum absolute atomic E-state index is 0.124. The molecule has 0 aliphatic heterocycles. The van der Waals surface area contributed by atoms with Crippen molar-refractivity contribution in [2.45, 2.75) is 26.2 Å². The Morgan fingerprint density at radius 2 is 1.64 bits per heavy atom. The molecule has 0 aliphatic carbocycles. The van der Waals surface area contributed by atoms with Crippen molar-refractivity contribution in [1.82, 2.24) is 0 Å². The number of thiophene rings is 1. The van der Waals surface area contributed by atoms with E-state index < -0.39 is 5.97 Å². The zero-order valence-corrected chi connectivity index (χ0v) is 16.8. The van der Waals surface area contributed by atoms with Crippen LogP contribution in [0, 0.1) is 0 Å². The van der Waals surface area contributed by atoms with Gasteiger partial charge >= 0.3 is 5.97 Å². The molecule has 1 N–H and O–H groups in total. The van der Waals surface area contributed by atoms with Gasteiger partial charge in [-0.3, -0.25) is 4.79 Å². The Bertz CT molecular complexity index is 935. The highest BCUT2D eigenvalue weighted by molar-refractivity contribution is 7.20. The molecule has 1 atom stereocenters. The van der Waals surface area contributed by atoms with Gasteiger partial charge in [0.1, 0.15) is 5.00 Å². The predicted octanol–water partition coefficient (Wildman–Crippen LogP) is 5.72. The number of ether oxygens (including phenoxy) is 1. The topological polar surface area (TPSA) is 55.4 Å². The van der Waals surface area contributed by atoms with Crippen LogP contribution < -0.4 is 5.32 Å². The Hall–Kier alpha value is -2.92. The van der Waals surface area contributed by atoms with Crippen molar-refractivity contribution in [3.8, 4) is 10.4 Å². The van der Waals surface area contributed by atoms with Gasteiger partial charge in [-0.15, -0.1) is 11.3 Å². The normalized spacial score (nSPS) is 11.6. The molecule has 3 rings (SSSR count). The Kier molecular flexibility index (Phi) is 6.61. The van der Waals surface area contributed by atoms with Crippen molar-refractivity contribution in [2.75, 3.05) is 11.9 Å². The van der Waals surface area contributed by atoms with E-state index in [1.54, 1.807) is 13.0 Å². The molecule has 0 spiro atoms. The van der Waals surface area contributed by atoms with Crippen LogP contribution in [0.5, 0.6) is 0 Å². The van der Waals surface area contributed by atoms with Crippen molar-refractivity contribution in [3.05, 3.63) is 77.9 Å². The standard InChI is InChI=1S/C23H23NO3S/c1-3-18(16-11-7-5-8-12-16)21(25)24-22-19(23(26)27-4-2)15-20(28-22)17-13-9-6-10-14-17/h5-15,18H,3-4H2,1-2H3,(H,24,25). The van der Waals surface area contributed by atoms with Crippen molar-refractivity contribution in [3.63, 3.8) is 0 Å². The summed E-state index contributed by atoms with van der Waals surface area (Å²) in [4.78, 5) is 26.3. The molecule has 0 aliphatic rings. The number of hydrogen-bond acceptors (Lipinski definition) is 4. The van der Waals surface area contributed by atoms with Crippen LogP contribution in [0.3, 0.4) is 0 Å². The zero-order chi connectivity index (χ0) is 19.9. The van der Waals surface area contributed by atoms with Crippen molar-refractivity contribution in [2.24, 2.45) is 0 Å². The average molecular weight is 394 g/mol. The first-order chi connectivity index (χ1) is 13.6. The maximum atomic E-state index is 13.0. The number of carbonyl (C=O) groups excluding carboxylic acids is 2. The summed E-state index contributed by atoms with van der Waals surface area (Å²) in [6, 6.07) is 21.2. The third-order valence-electron chi connectivity index (χ3n) is 4.45. The molecule has 1 unspecified atom stereocenters. The highest BCUT2D eigenvalue weighted by atomic mass is 32.1. The van der Waals surface area contributed by atoms with Gasteiger partial charge in [-0.05, 0) is 30.5 Å². The summed E-state index contributed by atoms with van der Waals surface area (Å²) in [5, 5.41) is 3.49. The van der Waals surface area contributed by atoms with Crippen LogP contribution in [0.15, 0.2) is 66.7 Å². The first-order valence-corrected chi connectivity index (χ1v) is 10.2. The maximum absolute atomic E-state index is 13.0. The minimum atomic E-state index is -0.427. The predicted molar refractivity (Wildman–Crippen MR) is 114 cm³/mol. The third-order valence-corrected chi connectivity index (χ3v) is 5.55. The molecule has 4 nitrogen and oxygen atoms in total. The maximum Gasteiger partial charge on any atom is 0.341 e. The quantitative estimate of drug-likeness (QED) is 0.522. The van der Waals surface area contributed by atoms with Crippen LogP contribution in [-0.4, -0.2) is 18.5 Å². The molecule has 1 heterocycles. The second-order valence-electron chi connectivity index (χ2n) is 6.30. The van der Waals surface area contributed by atoms with Crippen molar-refractivity contribution < 1.29 is 14.3 Å². The van der Waals surface area contributed by atoms with Crippen LogP contribution in [0.4, 0.5) is 5.00 Å². The molecule has 0 saturated heterocycles. The van der Waals surface area contributed by atoms with E-state index >= 15 is 0 Å². The molecule has 28 heavy (non-hydrogen) atoms. The third kappa shape index (κ3) is 4.49. The molecule has 1 aromatic heterocycles. The lowest BCUT2D eigenvalue weighted by Gasteiger charge is -2.15. The van der Waals surface area contributed by atoms with Crippen LogP contribution in [-0.2, 0) is 9.53 Å². The van der Waals surface area contributed by atoms with Gasteiger partial charge in [-0.2, -0.15) is 0 Å².